The fourth-order valence-corrected chi connectivity index (χ4v) is 7.80. The molecular weight excluding hydrogens is 970 g/mol. The van der Waals surface area contributed by atoms with Gasteiger partial charge in [-0.3, -0.25) is 0 Å². The number of nitrogens with one attached hydrogen (secondary N) is 1. The third-order valence-electron chi connectivity index (χ3n) is 13.4. The highest BCUT2D eigenvalue weighted by atomic mass is 28.3. The Labute approximate surface area is 456 Å². The van der Waals surface area contributed by atoms with Crippen LogP contribution in [-0.2, 0) is 49.6 Å². The number of carbonyl (C=O) groups is 1. The molecule has 19 heteroatoms. The number of benzene rings is 4. The van der Waals surface area contributed by atoms with Crippen LogP contribution in [0, 0.1) is 13.5 Å². The molecule has 5 aromatic rings. The van der Waals surface area contributed by atoms with Gasteiger partial charge in [0.2, 0.25) is 6.54 Å². The molecule has 0 spiro atoms. The number of tetrazole rings is 1. The third-order valence-corrected chi connectivity index (χ3v) is 14.1. The lowest BCUT2D eigenvalue weighted by Gasteiger charge is -2.32. The first-order chi connectivity index (χ1) is 36.0. The number of unbranched alkanes of at least 4 members (excludes halogenated alkanes) is 3. The van der Waals surface area contributed by atoms with Gasteiger partial charge in [0.05, 0.1) is 42.1 Å². The van der Waals surface area contributed by atoms with Crippen LogP contribution in [0.2, 0.25) is 32.3 Å². The normalized spacial score (nSPS) is 15.8. The Kier molecular flexibility index (Phi) is 27.3. The summed E-state index contributed by atoms with van der Waals surface area (Å²) in [5, 5.41) is 16.4. The minimum absolute atomic E-state index is 0.0494. The number of aldehydes is 1. The highest BCUT2D eigenvalue weighted by Gasteiger charge is 2.51. The molecule has 0 amide bonds. The van der Waals surface area contributed by atoms with E-state index in [4.69, 9.17) is 41.2 Å². The van der Waals surface area contributed by atoms with Crippen molar-refractivity contribution >= 4 is 28.8 Å². The molecule has 0 saturated carbocycles. The molecule has 0 bridgehead atoms. The molecular formula is C57H86B2N10O6Si. The summed E-state index contributed by atoms with van der Waals surface area (Å²) in [6.07, 6.45) is 8.23. The number of nitrogens with zero attached hydrogens (tertiary/aromatic N) is 8. The Morgan fingerprint density at radius 3 is 1.70 bits per heavy atom. The number of aromatic nitrogens is 4. The van der Waals surface area contributed by atoms with Gasteiger partial charge in [-0.25, -0.2) is 11.3 Å². The van der Waals surface area contributed by atoms with Gasteiger partial charge in [0.15, 0.2) is 5.82 Å². The quantitative estimate of drug-likeness (QED) is 0.0143. The molecule has 1 aromatic heterocycles. The second kappa shape index (κ2) is 32.2. The fourth-order valence-electron chi connectivity index (χ4n) is 7.53. The van der Waals surface area contributed by atoms with Crippen molar-refractivity contribution in [2.24, 2.45) is 10.5 Å². The van der Waals surface area contributed by atoms with Crippen LogP contribution in [0.1, 0.15) is 134 Å². The van der Waals surface area contributed by atoms with Crippen molar-refractivity contribution < 1.29 is 28.1 Å². The van der Waals surface area contributed by atoms with E-state index in [1.165, 1.54) is 16.7 Å². The number of hydrogen-bond donors (Lipinski definition) is 2. The highest BCUT2D eigenvalue weighted by Crippen LogP contribution is 2.39. The van der Waals surface area contributed by atoms with E-state index >= 15 is 0 Å². The van der Waals surface area contributed by atoms with Gasteiger partial charge >= 0.3 is 14.2 Å². The van der Waals surface area contributed by atoms with Crippen LogP contribution in [-0.4, -0.2) is 78.5 Å². The predicted octanol–water partition coefficient (Wildman–Crippen LogP) is 13.0. The lowest BCUT2D eigenvalue weighted by Crippen LogP contribution is -2.41. The average Bonchev–Trinajstić information content (AvgIpc) is 3.99. The van der Waals surface area contributed by atoms with Gasteiger partial charge in [-0.05, 0) is 137 Å². The number of aryl methyl sites for hydroxylation is 1. The Hall–Kier alpha value is -5.67. The van der Waals surface area contributed by atoms with Crippen LogP contribution in [0.15, 0.2) is 114 Å². The molecule has 410 valence electrons. The molecule has 76 heavy (non-hydrogen) atoms. The summed E-state index contributed by atoms with van der Waals surface area (Å²) in [6.45, 7) is 33.8. The van der Waals surface area contributed by atoms with Crippen molar-refractivity contribution in [3.05, 3.63) is 165 Å². The zero-order valence-electron chi connectivity index (χ0n) is 47.8. The SMILES string of the molecule is CC1(C)OB(CCCCC=O)OC1(C)C.COc1ccc(CN)cc1.C[Si](C)(C)N=[N+]=[N-].Cc1ccc(CNC(CCCCB2OC(C)(C)C(C)(C)O2)c2nnnn2Cc2ccccc2)cc1.[C-]#[N+]Cc1ccccc1. The lowest BCUT2D eigenvalue weighted by molar-refractivity contribution is -0.107. The standard InChI is InChI=1S/C27H38BN5O2.C11H21BO3.C8H11NO.C8H7N.C3H9N3Si/c1-21-14-16-22(17-15-21)19-29-24(13-9-10-18-28-34-26(2,3)27(4,5)35-28)25-30-31-32-33(25)20-23-11-7-6-8-12-23;1-10(2)11(3,4)15-12(14-10)8-6-5-7-9-13;1-10-8-4-2-7(6-9)3-5-8;1-9-7-8-5-3-2-4-6-8;1-7(2,3)6-5-4/h6-8,11-12,14-17,24,29H,9-10,13,18-20H2,1-5H3;9H,5-8H2,1-4H3;2-5H,6,9H2,1H3;2-6H,7H2;1-3H3. The fraction of sp³-hybridized carbons (Fsp3) is 0.526. The molecule has 3 N–H and O–H groups in total. The number of rotatable bonds is 20. The molecule has 4 aromatic carbocycles. The Bertz CT molecular complexity index is 2440. The maximum atomic E-state index is 10.1. The summed E-state index contributed by atoms with van der Waals surface area (Å²) in [5.74, 6) is 1.74. The predicted molar refractivity (Wildman–Crippen MR) is 310 cm³/mol. The molecule has 0 aliphatic carbocycles. The Morgan fingerprint density at radius 2 is 1.25 bits per heavy atom. The number of carbonyl (C=O) groups excluding carboxylic acids is 1. The molecule has 1 atom stereocenters. The van der Waals surface area contributed by atoms with Gasteiger partial charge in [-0.1, -0.05) is 142 Å². The molecule has 2 aliphatic heterocycles. The van der Waals surface area contributed by atoms with Gasteiger partial charge in [-0.2, -0.15) is 0 Å². The molecule has 2 aliphatic rings. The molecule has 0 radical (unpaired) electrons. The molecule has 2 saturated heterocycles. The molecule has 2 fully saturated rings. The Morgan fingerprint density at radius 1 is 0.750 bits per heavy atom. The van der Waals surface area contributed by atoms with E-state index in [1.54, 1.807) is 7.11 Å². The van der Waals surface area contributed by atoms with E-state index in [2.05, 4.69) is 134 Å². The first kappa shape index (κ1) is 64.6. The first-order valence-corrected chi connectivity index (χ1v) is 29.9. The van der Waals surface area contributed by atoms with Crippen LogP contribution < -0.4 is 15.8 Å². The van der Waals surface area contributed by atoms with Gasteiger partial charge in [0, 0.05) is 25.1 Å². The summed E-state index contributed by atoms with van der Waals surface area (Å²) < 4.78 is 34.5. The summed E-state index contributed by atoms with van der Waals surface area (Å²) in [7, 11) is -0.0588. The zero-order chi connectivity index (χ0) is 56.3. The number of hydrogen-bond acceptors (Lipinski definition) is 12. The topological polar surface area (TPSA) is 198 Å². The molecule has 1 unspecified atom stereocenters. The maximum absolute atomic E-state index is 10.1. The van der Waals surface area contributed by atoms with E-state index in [0.29, 0.717) is 26.1 Å². The monoisotopic (exact) mass is 1060 g/mol. The minimum atomic E-state index is -1.45. The number of azide groups is 1. The van der Waals surface area contributed by atoms with Crippen LogP contribution >= 0.6 is 0 Å². The van der Waals surface area contributed by atoms with Gasteiger partial charge in [-0.15, -0.1) is 9.88 Å². The van der Waals surface area contributed by atoms with E-state index in [-0.39, 0.29) is 42.7 Å². The third kappa shape index (κ3) is 23.3. The van der Waals surface area contributed by atoms with Crippen molar-refractivity contribution in [1.29, 1.82) is 0 Å². The maximum Gasteiger partial charge on any atom is 0.457 e. The summed E-state index contributed by atoms with van der Waals surface area (Å²) in [6, 6.07) is 36.5. The van der Waals surface area contributed by atoms with Crippen molar-refractivity contribution in [2.45, 2.75) is 188 Å². The number of nitrogens with two attached hydrogens (primary N) is 1. The largest absolute Gasteiger partial charge is 0.497 e. The summed E-state index contributed by atoms with van der Waals surface area (Å²) in [4.78, 5) is 16.1. The molecule has 3 heterocycles. The van der Waals surface area contributed by atoms with Crippen LogP contribution in [0.3, 0.4) is 0 Å². The van der Waals surface area contributed by atoms with Gasteiger partial charge in [0.1, 0.15) is 20.3 Å². The van der Waals surface area contributed by atoms with Gasteiger partial charge in [0.25, 0.3) is 0 Å². The summed E-state index contributed by atoms with van der Waals surface area (Å²) >= 11 is 0. The van der Waals surface area contributed by atoms with Crippen molar-refractivity contribution in [2.75, 3.05) is 7.11 Å². The van der Waals surface area contributed by atoms with E-state index < -0.39 is 8.24 Å². The van der Waals surface area contributed by atoms with E-state index in [1.807, 2.05) is 97.1 Å². The second-order valence-electron chi connectivity index (χ2n) is 21.9. The number of methoxy groups -OCH3 is 1. The van der Waals surface area contributed by atoms with Gasteiger partial charge < -0.3 is 44.0 Å². The van der Waals surface area contributed by atoms with Crippen molar-refractivity contribution in [1.82, 2.24) is 25.5 Å². The highest BCUT2D eigenvalue weighted by molar-refractivity contribution is 6.74. The van der Waals surface area contributed by atoms with Crippen LogP contribution in [0.4, 0.5) is 0 Å². The molecule has 7 rings (SSSR count). The van der Waals surface area contributed by atoms with Crippen LogP contribution in [0.5, 0.6) is 5.75 Å². The second-order valence-corrected chi connectivity index (χ2v) is 26.5. The lowest BCUT2D eigenvalue weighted by atomic mass is 9.82. The first-order valence-electron chi connectivity index (χ1n) is 26.5. The van der Waals surface area contributed by atoms with E-state index in [0.717, 1.165) is 80.3 Å². The van der Waals surface area contributed by atoms with Crippen molar-refractivity contribution in [3.8, 4) is 5.75 Å². The average molecular weight is 1060 g/mol. The Balaban J connectivity index is 0.000000301. The smallest absolute Gasteiger partial charge is 0.457 e. The minimum Gasteiger partial charge on any atom is -0.497 e. The molecule has 16 nitrogen and oxygen atoms in total. The summed E-state index contributed by atoms with van der Waals surface area (Å²) in [5.41, 5.74) is 18.2. The van der Waals surface area contributed by atoms with E-state index in [9.17, 15) is 4.79 Å². The zero-order valence-corrected chi connectivity index (χ0v) is 48.8. The van der Waals surface area contributed by atoms with Crippen molar-refractivity contribution in [3.63, 3.8) is 0 Å². The number of ether oxygens (including phenoxy) is 1. The van der Waals surface area contributed by atoms with Crippen LogP contribution in [0.25, 0.3) is 15.3 Å².